The van der Waals surface area contributed by atoms with E-state index < -0.39 is 4.92 Å². The van der Waals surface area contributed by atoms with Crippen molar-refractivity contribution in [2.24, 2.45) is 5.73 Å². The molecular formula is C13H17N5O2. The average Bonchev–Trinajstić information content (AvgIpc) is 2.81. The number of aromatic nitrogens is 3. The van der Waals surface area contributed by atoms with Crippen LogP contribution in [0.2, 0.25) is 0 Å². The van der Waals surface area contributed by atoms with E-state index in [1.54, 1.807) is 12.1 Å². The first-order chi connectivity index (χ1) is 9.58. The molecule has 7 nitrogen and oxygen atoms in total. The topological polar surface area (TPSA) is 99.9 Å². The number of aryl methyl sites for hydroxylation is 1. The number of benzene rings is 1. The summed E-state index contributed by atoms with van der Waals surface area (Å²) in [6, 6.07) is 4.97. The second kappa shape index (κ2) is 5.79. The summed E-state index contributed by atoms with van der Waals surface area (Å²) in [5.41, 5.74) is 7.09. The molecule has 106 valence electrons. The quantitative estimate of drug-likeness (QED) is 0.664. The smallest absolute Gasteiger partial charge is 0.280 e. The summed E-state index contributed by atoms with van der Waals surface area (Å²) in [7, 11) is 0. The van der Waals surface area contributed by atoms with E-state index in [-0.39, 0.29) is 12.2 Å². The maximum atomic E-state index is 11.2. The average molecular weight is 275 g/mol. The van der Waals surface area contributed by atoms with Crippen LogP contribution in [0, 0.1) is 17.0 Å². The molecule has 20 heavy (non-hydrogen) atoms. The van der Waals surface area contributed by atoms with Gasteiger partial charge in [-0.15, -0.1) is 10.2 Å². The molecular weight excluding hydrogens is 258 g/mol. The Balaban J connectivity index is 2.64. The number of nitro benzene ring substituents is 1. The molecule has 0 spiro atoms. The molecule has 0 atom stereocenters. The number of hydrogen-bond acceptors (Lipinski definition) is 5. The Morgan fingerprint density at radius 1 is 1.40 bits per heavy atom. The Morgan fingerprint density at radius 3 is 2.75 bits per heavy atom. The molecule has 0 saturated heterocycles. The van der Waals surface area contributed by atoms with Crippen molar-refractivity contribution in [2.75, 3.05) is 0 Å². The van der Waals surface area contributed by atoms with Crippen molar-refractivity contribution >= 4 is 5.69 Å². The van der Waals surface area contributed by atoms with Gasteiger partial charge < -0.3 is 10.3 Å². The lowest BCUT2D eigenvalue weighted by Gasteiger charge is -2.09. The molecule has 0 radical (unpaired) electrons. The van der Waals surface area contributed by atoms with E-state index in [9.17, 15) is 10.1 Å². The highest BCUT2D eigenvalue weighted by Gasteiger charge is 2.21. The summed E-state index contributed by atoms with van der Waals surface area (Å²) in [4.78, 5) is 10.8. The zero-order chi connectivity index (χ0) is 14.7. The number of nitro groups is 1. The Kier molecular flexibility index (Phi) is 4.09. The summed E-state index contributed by atoms with van der Waals surface area (Å²) in [5.74, 6) is 1.14. The first kappa shape index (κ1) is 14.1. The maximum Gasteiger partial charge on any atom is 0.280 e. The molecule has 1 aromatic carbocycles. The first-order valence-corrected chi connectivity index (χ1v) is 6.46. The Morgan fingerprint density at radius 2 is 2.15 bits per heavy atom. The second-order valence-corrected chi connectivity index (χ2v) is 4.57. The number of nitrogens with zero attached hydrogens (tertiary/aromatic N) is 4. The van der Waals surface area contributed by atoms with E-state index >= 15 is 0 Å². The van der Waals surface area contributed by atoms with Crippen LogP contribution in [-0.2, 0) is 13.1 Å². The van der Waals surface area contributed by atoms with Crippen LogP contribution in [0.4, 0.5) is 5.69 Å². The summed E-state index contributed by atoms with van der Waals surface area (Å²) >= 11 is 0. The van der Waals surface area contributed by atoms with Crippen molar-refractivity contribution in [3.63, 3.8) is 0 Å². The third kappa shape index (κ3) is 2.53. The highest BCUT2D eigenvalue weighted by atomic mass is 16.6. The fourth-order valence-electron chi connectivity index (χ4n) is 2.13. The van der Waals surface area contributed by atoms with Gasteiger partial charge in [0.1, 0.15) is 5.82 Å². The van der Waals surface area contributed by atoms with Crippen LogP contribution in [0.15, 0.2) is 18.2 Å². The highest BCUT2D eigenvalue weighted by molar-refractivity contribution is 5.69. The molecule has 0 bridgehead atoms. The van der Waals surface area contributed by atoms with E-state index in [4.69, 9.17) is 5.73 Å². The summed E-state index contributed by atoms with van der Waals surface area (Å²) in [5, 5.41) is 19.3. The zero-order valence-corrected chi connectivity index (χ0v) is 11.5. The SMILES string of the molecule is CCCn1c(CN)nnc1-c1cc(C)ccc1[N+](=O)[O-]. The molecule has 0 saturated carbocycles. The number of rotatable bonds is 5. The van der Waals surface area contributed by atoms with Crippen molar-refractivity contribution in [3.05, 3.63) is 39.7 Å². The molecule has 1 heterocycles. The predicted molar refractivity (Wildman–Crippen MR) is 75.0 cm³/mol. The molecule has 7 heteroatoms. The first-order valence-electron chi connectivity index (χ1n) is 6.46. The van der Waals surface area contributed by atoms with Gasteiger partial charge in [0.25, 0.3) is 5.69 Å². The molecule has 0 aliphatic heterocycles. The molecule has 2 N–H and O–H groups in total. The molecule has 0 fully saturated rings. The van der Waals surface area contributed by atoms with Gasteiger partial charge in [0.2, 0.25) is 0 Å². The van der Waals surface area contributed by atoms with Crippen LogP contribution in [0.1, 0.15) is 24.7 Å². The fourth-order valence-corrected chi connectivity index (χ4v) is 2.13. The predicted octanol–water partition coefficient (Wildman–Crippen LogP) is 2.03. The van der Waals surface area contributed by atoms with Crippen LogP contribution in [0.5, 0.6) is 0 Å². The van der Waals surface area contributed by atoms with E-state index in [1.165, 1.54) is 6.07 Å². The summed E-state index contributed by atoms with van der Waals surface area (Å²) < 4.78 is 1.85. The van der Waals surface area contributed by atoms with E-state index in [0.29, 0.717) is 23.8 Å². The van der Waals surface area contributed by atoms with Crippen LogP contribution in [-0.4, -0.2) is 19.7 Å². The van der Waals surface area contributed by atoms with E-state index in [1.807, 2.05) is 18.4 Å². The molecule has 2 rings (SSSR count). The van der Waals surface area contributed by atoms with Crippen LogP contribution < -0.4 is 5.73 Å². The lowest BCUT2D eigenvalue weighted by molar-refractivity contribution is -0.384. The second-order valence-electron chi connectivity index (χ2n) is 4.57. The standard InChI is InChI=1S/C13H17N5O2/c1-3-6-17-12(8-14)15-16-13(17)10-7-9(2)4-5-11(10)18(19)20/h4-5,7H,3,6,8,14H2,1-2H3. The molecule has 0 aliphatic carbocycles. The van der Waals surface area contributed by atoms with Gasteiger partial charge in [0.15, 0.2) is 5.82 Å². The van der Waals surface area contributed by atoms with Gasteiger partial charge in [-0.25, -0.2) is 0 Å². The third-order valence-corrected chi connectivity index (χ3v) is 3.05. The summed E-state index contributed by atoms with van der Waals surface area (Å²) in [6.07, 6.45) is 0.873. The third-order valence-electron chi connectivity index (χ3n) is 3.05. The van der Waals surface area contributed by atoms with Crippen LogP contribution >= 0.6 is 0 Å². The van der Waals surface area contributed by atoms with Crippen LogP contribution in [0.25, 0.3) is 11.4 Å². The van der Waals surface area contributed by atoms with Gasteiger partial charge >= 0.3 is 0 Å². The molecule has 0 amide bonds. The summed E-state index contributed by atoms with van der Waals surface area (Å²) in [6.45, 7) is 4.85. The lowest BCUT2D eigenvalue weighted by atomic mass is 10.1. The maximum absolute atomic E-state index is 11.2. The minimum atomic E-state index is -0.401. The highest BCUT2D eigenvalue weighted by Crippen LogP contribution is 2.30. The largest absolute Gasteiger partial charge is 0.324 e. The molecule has 0 unspecified atom stereocenters. The minimum Gasteiger partial charge on any atom is -0.324 e. The monoisotopic (exact) mass is 275 g/mol. The normalized spacial score (nSPS) is 10.8. The molecule has 1 aromatic heterocycles. The molecule has 0 aliphatic rings. The molecule has 2 aromatic rings. The van der Waals surface area contributed by atoms with Crippen molar-refractivity contribution in [1.82, 2.24) is 14.8 Å². The van der Waals surface area contributed by atoms with Gasteiger partial charge in [0.05, 0.1) is 17.0 Å². The van der Waals surface area contributed by atoms with Gasteiger partial charge in [-0.1, -0.05) is 13.0 Å². The minimum absolute atomic E-state index is 0.0314. The van der Waals surface area contributed by atoms with E-state index in [0.717, 1.165) is 12.0 Å². The Hall–Kier alpha value is -2.28. The lowest BCUT2D eigenvalue weighted by Crippen LogP contribution is -2.10. The fraction of sp³-hybridized carbons (Fsp3) is 0.385. The van der Waals surface area contributed by atoms with Gasteiger partial charge in [0, 0.05) is 12.6 Å². The Bertz CT molecular complexity index is 636. The number of hydrogen-bond donors (Lipinski definition) is 1. The Labute approximate surface area is 116 Å². The zero-order valence-electron chi connectivity index (χ0n) is 11.5. The van der Waals surface area contributed by atoms with Crippen molar-refractivity contribution in [2.45, 2.75) is 33.4 Å². The van der Waals surface area contributed by atoms with Crippen LogP contribution in [0.3, 0.4) is 0 Å². The van der Waals surface area contributed by atoms with E-state index in [2.05, 4.69) is 10.2 Å². The van der Waals surface area contributed by atoms with Gasteiger partial charge in [-0.3, -0.25) is 10.1 Å². The van der Waals surface area contributed by atoms with Crippen molar-refractivity contribution < 1.29 is 4.92 Å². The van der Waals surface area contributed by atoms with Gasteiger partial charge in [-0.05, 0) is 25.0 Å². The van der Waals surface area contributed by atoms with Crippen molar-refractivity contribution in [3.8, 4) is 11.4 Å². The van der Waals surface area contributed by atoms with Gasteiger partial charge in [-0.2, -0.15) is 0 Å². The van der Waals surface area contributed by atoms with Crippen molar-refractivity contribution in [1.29, 1.82) is 0 Å². The number of nitrogens with two attached hydrogens (primary N) is 1.